The number of hydrogen-bond acceptors (Lipinski definition) is 2. The summed E-state index contributed by atoms with van der Waals surface area (Å²) >= 11 is 0. The highest BCUT2D eigenvalue weighted by Gasteiger charge is 2.26. The lowest BCUT2D eigenvalue weighted by atomic mass is 10.00. The maximum absolute atomic E-state index is 12.1. The van der Waals surface area contributed by atoms with Gasteiger partial charge < -0.3 is 0 Å². The third-order valence-corrected chi connectivity index (χ3v) is 2.94. The van der Waals surface area contributed by atoms with Gasteiger partial charge in [0.1, 0.15) is 0 Å². The number of aryl methyl sites for hydroxylation is 1. The van der Waals surface area contributed by atoms with Gasteiger partial charge in [0.15, 0.2) is 0 Å². The van der Waals surface area contributed by atoms with E-state index in [1.807, 2.05) is 24.3 Å². The van der Waals surface area contributed by atoms with Crippen molar-refractivity contribution >= 4 is 0 Å². The van der Waals surface area contributed by atoms with Crippen molar-refractivity contribution in [2.75, 3.05) is 0 Å². The third kappa shape index (κ3) is 5.06. The molecule has 0 heterocycles. The molecule has 1 aromatic carbocycles. The predicted molar refractivity (Wildman–Crippen MR) is 65.8 cm³/mol. The van der Waals surface area contributed by atoms with Crippen LogP contribution < -0.4 is 11.3 Å². The van der Waals surface area contributed by atoms with Gasteiger partial charge in [-0.25, -0.2) is 0 Å². The number of benzene rings is 1. The van der Waals surface area contributed by atoms with E-state index in [2.05, 4.69) is 12.3 Å². The van der Waals surface area contributed by atoms with Crippen LogP contribution in [0.15, 0.2) is 24.3 Å². The van der Waals surface area contributed by atoms with E-state index in [1.54, 1.807) is 0 Å². The molecule has 0 bridgehead atoms. The fourth-order valence-corrected chi connectivity index (χ4v) is 1.84. The topological polar surface area (TPSA) is 38.0 Å². The molecule has 0 fully saturated rings. The van der Waals surface area contributed by atoms with Crippen molar-refractivity contribution in [3.05, 3.63) is 35.4 Å². The van der Waals surface area contributed by atoms with Crippen LogP contribution >= 0.6 is 0 Å². The van der Waals surface area contributed by atoms with Gasteiger partial charge in [0.05, 0.1) is 0 Å². The summed E-state index contributed by atoms with van der Waals surface area (Å²) < 4.78 is 36.2. The zero-order valence-electron chi connectivity index (χ0n) is 10.4. The highest BCUT2D eigenvalue weighted by molar-refractivity contribution is 5.24. The molecule has 0 aromatic heterocycles. The van der Waals surface area contributed by atoms with Gasteiger partial charge in [-0.1, -0.05) is 31.2 Å². The van der Waals surface area contributed by atoms with Crippen LogP contribution in [0.3, 0.4) is 0 Å². The first kappa shape index (κ1) is 15.0. The molecule has 102 valence electrons. The molecule has 0 aliphatic carbocycles. The van der Waals surface area contributed by atoms with Gasteiger partial charge in [0.25, 0.3) is 0 Å². The minimum atomic E-state index is -4.09. The average molecular weight is 260 g/mol. The maximum atomic E-state index is 12.1. The largest absolute Gasteiger partial charge is 0.389 e. The number of nitrogens with one attached hydrogen (secondary N) is 1. The number of halogens is 3. The Kier molecular flexibility index (Phi) is 5.62. The minimum Gasteiger partial charge on any atom is -0.271 e. The zero-order chi connectivity index (χ0) is 13.6. The lowest BCUT2D eigenvalue weighted by molar-refractivity contribution is -0.135. The first-order valence-corrected chi connectivity index (χ1v) is 6.08. The summed E-state index contributed by atoms with van der Waals surface area (Å²) in [5.41, 5.74) is 4.70. The van der Waals surface area contributed by atoms with E-state index in [1.165, 1.54) is 5.56 Å². The molecule has 1 atom stereocenters. The number of nitrogens with two attached hydrogens (primary N) is 1. The molecule has 5 heteroatoms. The molecule has 0 saturated heterocycles. The monoisotopic (exact) mass is 260 g/mol. The van der Waals surface area contributed by atoms with E-state index in [-0.39, 0.29) is 12.5 Å². The van der Waals surface area contributed by atoms with Crippen molar-refractivity contribution in [1.82, 2.24) is 5.43 Å². The molecule has 0 amide bonds. The normalized spacial score (nSPS) is 13.6. The second kappa shape index (κ2) is 6.75. The van der Waals surface area contributed by atoms with E-state index in [0.717, 1.165) is 12.0 Å². The van der Waals surface area contributed by atoms with Crippen LogP contribution in [0.1, 0.15) is 43.4 Å². The number of rotatable bonds is 6. The Bertz CT molecular complexity index is 346. The van der Waals surface area contributed by atoms with Crippen LogP contribution in [0.25, 0.3) is 0 Å². The van der Waals surface area contributed by atoms with Crippen LogP contribution in [-0.4, -0.2) is 6.18 Å². The summed E-state index contributed by atoms with van der Waals surface area (Å²) in [5.74, 6) is 5.39. The lowest BCUT2D eigenvalue weighted by Gasteiger charge is -2.17. The summed E-state index contributed by atoms with van der Waals surface area (Å²) in [7, 11) is 0. The Morgan fingerprint density at radius 2 is 1.83 bits per heavy atom. The standard InChI is InChI=1S/C13H19F3N2/c1-2-10-5-7-11(8-6-10)12(18-17)4-3-9-13(14,15)16/h5-8,12,18H,2-4,9,17H2,1H3. The Morgan fingerprint density at radius 3 is 2.28 bits per heavy atom. The van der Waals surface area contributed by atoms with Crippen molar-refractivity contribution in [1.29, 1.82) is 0 Å². The fourth-order valence-electron chi connectivity index (χ4n) is 1.84. The molecule has 1 unspecified atom stereocenters. The second-order valence-electron chi connectivity index (χ2n) is 4.32. The van der Waals surface area contributed by atoms with E-state index < -0.39 is 12.6 Å². The predicted octanol–water partition coefficient (Wildman–Crippen LogP) is 3.49. The molecule has 0 spiro atoms. The van der Waals surface area contributed by atoms with Crippen molar-refractivity contribution in [2.45, 2.75) is 44.8 Å². The Morgan fingerprint density at radius 1 is 1.22 bits per heavy atom. The number of alkyl halides is 3. The smallest absolute Gasteiger partial charge is 0.271 e. The van der Waals surface area contributed by atoms with Gasteiger partial charge in [-0.3, -0.25) is 11.3 Å². The molecule has 0 radical (unpaired) electrons. The van der Waals surface area contributed by atoms with E-state index >= 15 is 0 Å². The van der Waals surface area contributed by atoms with E-state index in [9.17, 15) is 13.2 Å². The van der Waals surface area contributed by atoms with Gasteiger partial charge in [-0.15, -0.1) is 0 Å². The van der Waals surface area contributed by atoms with E-state index in [4.69, 9.17) is 5.84 Å². The highest BCUT2D eigenvalue weighted by Crippen LogP contribution is 2.26. The van der Waals surface area contributed by atoms with Gasteiger partial charge in [0, 0.05) is 12.5 Å². The van der Waals surface area contributed by atoms with Crippen molar-refractivity contribution in [3.8, 4) is 0 Å². The molecule has 0 aliphatic rings. The molecule has 2 nitrogen and oxygen atoms in total. The summed E-state index contributed by atoms with van der Waals surface area (Å²) in [5, 5.41) is 0. The lowest BCUT2D eigenvalue weighted by Crippen LogP contribution is -2.28. The average Bonchev–Trinajstić information content (AvgIpc) is 2.34. The summed E-state index contributed by atoms with van der Waals surface area (Å²) in [6.45, 7) is 2.05. The molecule has 18 heavy (non-hydrogen) atoms. The maximum Gasteiger partial charge on any atom is 0.389 e. The Hall–Kier alpha value is -1.07. The molecule has 1 rings (SSSR count). The fraction of sp³-hybridized carbons (Fsp3) is 0.538. The van der Waals surface area contributed by atoms with E-state index in [0.29, 0.717) is 6.42 Å². The molecular formula is C13H19F3N2. The van der Waals surface area contributed by atoms with Gasteiger partial charge in [0.2, 0.25) is 0 Å². The van der Waals surface area contributed by atoms with Crippen LogP contribution in [0, 0.1) is 0 Å². The van der Waals surface area contributed by atoms with Gasteiger partial charge in [-0.05, 0) is 30.4 Å². The first-order valence-electron chi connectivity index (χ1n) is 6.08. The molecule has 0 aliphatic heterocycles. The quantitative estimate of drug-likeness (QED) is 0.607. The molecule has 3 N–H and O–H groups in total. The Labute approximate surface area is 105 Å². The third-order valence-electron chi connectivity index (χ3n) is 2.94. The van der Waals surface area contributed by atoms with Crippen molar-refractivity contribution in [2.24, 2.45) is 5.84 Å². The summed E-state index contributed by atoms with van der Waals surface area (Å²) in [6.07, 6.45) is -3.46. The van der Waals surface area contributed by atoms with Crippen molar-refractivity contribution in [3.63, 3.8) is 0 Å². The van der Waals surface area contributed by atoms with Crippen LogP contribution in [-0.2, 0) is 6.42 Å². The molecule has 0 saturated carbocycles. The van der Waals surface area contributed by atoms with Gasteiger partial charge in [-0.2, -0.15) is 13.2 Å². The first-order chi connectivity index (χ1) is 8.46. The second-order valence-corrected chi connectivity index (χ2v) is 4.32. The number of hydrazine groups is 1. The molecule has 1 aromatic rings. The molecular weight excluding hydrogens is 241 g/mol. The van der Waals surface area contributed by atoms with Crippen LogP contribution in [0.5, 0.6) is 0 Å². The van der Waals surface area contributed by atoms with Crippen molar-refractivity contribution < 1.29 is 13.2 Å². The summed E-state index contributed by atoms with van der Waals surface area (Å²) in [6, 6.07) is 7.55. The SMILES string of the molecule is CCc1ccc(C(CCCC(F)(F)F)NN)cc1. The summed E-state index contributed by atoms with van der Waals surface area (Å²) in [4.78, 5) is 0. The van der Waals surface area contributed by atoms with Crippen LogP contribution in [0.2, 0.25) is 0 Å². The number of hydrogen-bond donors (Lipinski definition) is 2. The zero-order valence-corrected chi connectivity index (χ0v) is 10.4. The van der Waals surface area contributed by atoms with Gasteiger partial charge >= 0.3 is 6.18 Å². The minimum absolute atomic E-state index is 0.0773. The van der Waals surface area contributed by atoms with Crippen LogP contribution in [0.4, 0.5) is 13.2 Å². The highest BCUT2D eigenvalue weighted by atomic mass is 19.4. The Balaban J connectivity index is 2.54.